The minimum atomic E-state index is -1.36. The molecule has 0 radical (unpaired) electrons. The third-order valence-corrected chi connectivity index (χ3v) is 9.79. The molecule has 90 valence electrons. The summed E-state index contributed by atoms with van der Waals surface area (Å²) in [7, 11) is 0.911. The molecule has 0 saturated carbocycles. The third-order valence-electron chi connectivity index (χ3n) is 4.05. The van der Waals surface area contributed by atoms with Crippen LogP contribution in [-0.2, 0) is 6.54 Å². The summed E-state index contributed by atoms with van der Waals surface area (Å²) in [4.78, 5) is 0. The number of benzene rings is 1. The average Bonchev–Trinajstić information content (AvgIpc) is 2.17. The first-order valence-corrected chi connectivity index (χ1v) is 8.95. The quantitative estimate of drug-likeness (QED) is 0.712. The van der Waals surface area contributed by atoms with Gasteiger partial charge in [0, 0.05) is 6.54 Å². The van der Waals surface area contributed by atoms with E-state index in [4.69, 9.17) is 0 Å². The van der Waals surface area contributed by atoms with Crippen LogP contribution in [0.4, 0.5) is 0 Å². The smallest absolute Gasteiger partial charge is 0.127 e. The Hall–Kier alpha value is -0.603. The molecule has 0 spiro atoms. The highest BCUT2D eigenvalue weighted by Gasteiger charge is 2.38. The van der Waals surface area contributed by atoms with Crippen molar-refractivity contribution >= 4 is 8.24 Å². The normalized spacial score (nSPS) is 13.2. The highest BCUT2D eigenvalue weighted by atomic mass is 28.3. The Morgan fingerprint density at radius 1 is 1.06 bits per heavy atom. The van der Waals surface area contributed by atoms with Gasteiger partial charge in [0.2, 0.25) is 0 Å². The number of hydrogen-bond acceptors (Lipinski definition) is 1. The topological polar surface area (TPSA) is 3.24 Å². The van der Waals surface area contributed by atoms with Gasteiger partial charge in [0.1, 0.15) is 8.24 Å². The van der Waals surface area contributed by atoms with Crippen LogP contribution in [0.15, 0.2) is 30.3 Å². The van der Waals surface area contributed by atoms with Crippen LogP contribution in [0, 0.1) is 0 Å². The SMILES string of the molecule is CN(Cc1ccccc1)[Si](C)(C)C(C)(C)C. The lowest BCUT2D eigenvalue weighted by Gasteiger charge is -2.44. The van der Waals surface area contributed by atoms with Gasteiger partial charge in [-0.1, -0.05) is 64.2 Å². The van der Waals surface area contributed by atoms with E-state index in [9.17, 15) is 0 Å². The number of nitrogens with zero attached hydrogens (tertiary/aromatic N) is 1. The molecule has 0 amide bonds. The van der Waals surface area contributed by atoms with Crippen LogP contribution in [0.2, 0.25) is 18.1 Å². The predicted molar refractivity (Wildman–Crippen MR) is 75.1 cm³/mol. The largest absolute Gasteiger partial charge is 0.322 e. The summed E-state index contributed by atoms with van der Waals surface area (Å²) in [5, 5.41) is 0.413. The maximum absolute atomic E-state index is 2.57. The molecule has 0 bridgehead atoms. The van der Waals surface area contributed by atoms with Crippen LogP contribution in [0.1, 0.15) is 26.3 Å². The Balaban J connectivity index is 2.76. The van der Waals surface area contributed by atoms with Crippen molar-refractivity contribution in [2.75, 3.05) is 7.05 Å². The van der Waals surface area contributed by atoms with Crippen molar-refractivity contribution in [2.45, 2.75) is 45.4 Å². The Kier molecular flexibility index (Phi) is 3.97. The van der Waals surface area contributed by atoms with E-state index in [0.29, 0.717) is 5.04 Å². The summed E-state index contributed by atoms with van der Waals surface area (Å²) in [6.45, 7) is 13.1. The minimum absolute atomic E-state index is 0.413. The second-order valence-corrected chi connectivity index (χ2v) is 11.5. The van der Waals surface area contributed by atoms with Gasteiger partial charge in [0.05, 0.1) is 0 Å². The van der Waals surface area contributed by atoms with Crippen molar-refractivity contribution in [3.63, 3.8) is 0 Å². The van der Waals surface area contributed by atoms with E-state index in [2.05, 4.69) is 75.8 Å². The monoisotopic (exact) mass is 235 g/mol. The van der Waals surface area contributed by atoms with E-state index >= 15 is 0 Å². The molecule has 2 heteroatoms. The molecule has 0 atom stereocenters. The summed E-state index contributed by atoms with van der Waals surface area (Å²) in [5.41, 5.74) is 1.41. The number of hydrogen-bond donors (Lipinski definition) is 0. The fraction of sp³-hybridized carbons (Fsp3) is 0.571. The highest BCUT2D eigenvalue weighted by molar-refractivity contribution is 6.77. The van der Waals surface area contributed by atoms with Crippen molar-refractivity contribution < 1.29 is 0 Å². The molecule has 0 fully saturated rings. The summed E-state index contributed by atoms with van der Waals surface area (Å²) in [6.07, 6.45) is 0. The maximum atomic E-state index is 2.57. The summed E-state index contributed by atoms with van der Waals surface area (Å²) >= 11 is 0. The van der Waals surface area contributed by atoms with E-state index < -0.39 is 8.24 Å². The van der Waals surface area contributed by atoms with Crippen LogP contribution in [0.3, 0.4) is 0 Å². The van der Waals surface area contributed by atoms with Gasteiger partial charge in [-0.15, -0.1) is 0 Å². The summed E-state index contributed by atoms with van der Waals surface area (Å²) in [6, 6.07) is 10.7. The Morgan fingerprint density at radius 2 is 1.56 bits per heavy atom. The lowest BCUT2D eigenvalue weighted by Crippen LogP contribution is -2.52. The molecule has 0 heterocycles. The molecular formula is C14H25NSi. The van der Waals surface area contributed by atoms with Crippen molar-refractivity contribution in [3.05, 3.63) is 35.9 Å². The van der Waals surface area contributed by atoms with Gasteiger partial charge >= 0.3 is 0 Å². The van der Waals surface area contributed by atoms with Gasteiger partial charge in [0.15, 0.2) is 0 Å². The zero-order valence-electron chi connectivity index (χ0n) is 11.5. The standard InChI is InChI=1S/C14H25NSi/c1-14(2,3)16(5,6)15(4)12-13-10-8-7-9-11-13/h7-11H,12H2,1-6H3. The summed E-state index contributed by atoms with van der Waals surface area (Å²) in [5.74, 6) is 0. The molecular weight excluding hydrogens is 210 g/mol. The van der Waals surface area contributed by atoms with E-state index in [0.717, 1.165) is 6.54 Å². The number of rotatable bonds is 3. The first-order chi connectivity index (χ1) is 7.25. The van der Waals surface area contributed by atoms with Crippen LogP contribution < -0.4 is 0 Å². The fourth-order valence-corrected chi connectivity index (χ4v) is 3.35. The van der Waals surface area contributed by atoms with E-state index in [1.165, 1.54) is 5.56 Å². The van der Waals surface area contributed by atoms with Gasteiger partial charge < -0.3 is 4.57 Å². The van der Waals surface area contributed by atoms with Gasteiger partial charge in [-0.05, 0) is 17.6 Å². The molecule has 0 saturated heterocycles. The van der Waals surface area contributed by atoms with Crippen molar-refractivity contribution in [2.24, 2.45) is 0 Å². The van der Waals surface area contributed by atoms with Gasteiger partial charge in [-0.3, -0.25) is 0 Å². The molecule has 0 aromatic heterocycles. The zero-order chi connectivity index (χ0) is 12.4. The molecule has 0 aliphatic carbocycles. The predicted octanol–water partition coefficient (Wildman–Crippen LogP) is 4.12. The van der Waals surface area contributed by atoms with E-state index in [-0.39, 0.29) is 0 Å². The Bertz CT molecular complexity index is 324. The van der Waals surface area contributed by atoms with Crippen molar-refractivity contribution in [1.82, 2.24) is 4.57 Å². The van der Waals surface area contributed by atoms with Crippen molar-refractivity contribution in [1.29, 1.82) is 0 Å². The molecule has 1 rings (SSSR count). The van der Waals surface area contributed by atoms with Gasteiger partial charge in [-0.25, -0.2) is 0 Å². The zero-order valence-corrected chi connectivity index (χ0v) is 12.5. The Morgan fingerprint density at radius 3 is 2.00 bits per heavy atom. The van der Waals surface area contributed by atoms with Crippen LogP contribution in [0.25, 0.3) is 0 Å². The molecule has 0 N–H and O–H groups in total. The maximum Gasteiger partial charge on any atom is 0.127 e. The van der Waals surface area contributed by atoms with Crippen molar-refractivity contribution in [3.8, 4) is 0 Å². The minimum Gasteiger partial charge on any atom is -0.322 e. The molecule has 0 aliphatic rings. The fourth-order valence-electron chi connectivity index (χ4n) is 1.63. The lowest BCUT2D eigenvalue weighted by molar-refractivity contribution is 0.464. The first kappa shape index (κ1) is 13.5. The molecule has 0 unspecified atom stereocenters. The third kappa shape index (κ3) is 2.95. The lowest BCUT2D eigenvalue weighted by atomic mass is 10.2. The van der Waals surface area contributed by atoms with Crippen LogP contribution in [0.5, 0.6) is 0 Å². The molecule has 1 nitrogen and oxygen atoms in total. The van der Waals surface area contributed by atoms with Gasteiger partial charge in [0.25, 0.3) is 0 Å². The van der Waals surface area contributed by atoms with Crippen LogP contribution in [-0.4, -0.2) is 19.8 Å². The second-order valence-electron chi connectivity index (χ2n) is 6.15. The summed E-state index contributed by atoms with van der Waals surface area (Å²) < 4.78 is 2.57. The first-order valence-electron chi connectivity index (χ1n) is 6.00. The highest BCUT2D eigenvalue weighted by Crippen LogP contribution is 2.37. The molecule has 0 aliphatic heterocycles. The molecule has 1 aromatic rings. The van der Waals surface area contributed by atoms with Gasteiger partial charge in [-0.2, -0.15) is 0 Å². The van der Waals surface area contributed by atoms with Crippen LogP contribution >= 0.6 is 0 Å². The van der Waals surface area contributed by atoms with E-state index in [1.807, 2.05) is 0 Å². The molecule has 16 heavy (non-hydrogen) atoms. The molecule has 1 aromatic carbocycles. The second kappa shape index (κ2) is 4.72. The Labute approximate surface area is 102 Å². The van der Waals surface area contributed by atoms with E-state index in [1.54, 1.807) is 0 Å². The average molecular weight is 235 g/mol.